The van der Waals surface area contributed by atoms with Crippen molar-refractivity contribution in [2.24, 2.45) is 17.6 Å². The van der Waals surface area contributed by atoms with Crippen molar-refractivity contribution in [3.8, 4) is 0 Å². The lowest BCUT2D eigenvalue weighted by Gasteiger charge is -2.28. The van der Waals surface area contributed by atoms with E-state index in [4.69, 9.17) is 5.73 Å². The highest BCUT2D eigenvalue weighted by Crippen LogP contribution is 2.29. The Hall–Kier alpha value is -2.42. The molecule has 1 saturated carbocycles. The average molecular weight is 407 g/mol. The summed E-state index contributed by atoms with van der Waals surface area (Å²) < 4.78 is 2.96. The predicted molar refractivity (Wildman–Crippen MR) is 108 cm³/mol. The topological polar surface area (TPSA) is 116 Å². The third-order valence-corrected chi connectivity index (χ3v) is 6.25. The molecule has 3 N–H and O–H groups in total. The summed E-state index contributed by atoms with van der Waals surface area (Å²) in [6.07, 6.45) is 3.99. The summed E-state index contributed by atoms with van der Waals surface area (Å²) in [4.78, 5) is 49.2. The Bertz CT molecular complexity index is 982. The van der Waals surface area contributed by atoms with Crippen LogP contribution in [0.5, 0.6) is 0 Å². The van der Waals surface area contributed by atoms with Gasteiger partial charge < -0.3 is 11.1 Å². The number of primary amides is 1. The van der Waals surface area contributed by atoms with Crippen LogP contribution in [-0.4, -0.2) is 27.5 Å². The molecule has 2 aromatic heterocycles. The number of carbonyl (C=O) groups excluding carboxylic acids is 2. The van der Waals surface area contributed by atoms with Crippen LogP contribution in [0, 0.1) is 11.8 Å². The monoisotopic (exact) mass is 406 g/mol. The van der Waals surface area contributed by atoms with Gasteiger partial charge in [-0.15, -0.1) is 11.3 Å². The van der Waals surface area contributed by atoms with Crippen molar-refractivity contribution in [1.82, 2.24) is 14.5 Å². The largest absolute Gasteiger partial charge is 0.368 e. The summed E-state index contributed by atoms with van der Waals surface area (Å²) in [6, 6.07) is 1.66. The zero-order valence-corrected chi connectivity index (χ0v) is 16.8. The number of rotatable bonds is 7. The van der Waals surface area contributed by atoms with Gasteiger partial charge in [0.25, 0.3) is 5.56 Å². The van der Waals surface area contributed by atoms with E-state index in [2.05, 4.69) is 5.32 Å². The van der Waals surface area contributed by atoms with E-state index in [1.165, 1.54) is 20.5 Å². The van der Waals surface area contributed by atoms with Gasteiger partial charge in [-0.05, 0) is 49.5 Å². The lowest BCUT2D eigenvalue weighted by atomic mass is 9.81. The predicted octanol–water partition coefficient (Wildman–Crippen LogP) is 1.04. The molecule has 8 nitrogen and oxygen atoms in total. The molecule has 1 aliphatic carbocycles. The second-order valence-electron chi connectivity index (χ2n) is 7.39. The van der Waals surface area contributed by atoms with Crippen LogP contribution >= 0.6 is 11.3 Å². The minimum absolute atomic E-state index is 0.00539. The van der Waals surface area contributed by atoms with Gasteiger partial charge in [0.1, 0.15) is 11.2 Å². The molecule has 9 heteroatoms. The number of nitrogens with zero attached hydrogens (tertiary/aromatic N) is 2. The van der Waals surface area contributed by atoms with Gasteiger partial charge in [0.05, 0.1) is 5.52 Å². The minimum Gasteiger partial charge on any atom is -0.368 e. The lowest BCUT2D eigenvalue weighted by molar-refractivity contribution is -0.126. The minimum atomic E-state index is -0.626. The van der Waals surface area contributed by atoms with Crippen molar-refractivity contribution >= 4 is 33.4 Å². The molecule has 3 rings (SSSR count). The van der Waals surface area contributed by atoms with Crippen LogP contribution in [0.15, 0.2) is 21.0 Å². The van der Waals surface area contributed by atoms with Gasteiger partial charge in [-0.3, -0.25) is 23.5 Å². The zero-order chi connectivity index (χ0) is 20.3. The van der Waals surface area contributed by atoms with Crippen molar-refractivity contribution in [3.05, 3.63) is 32.3 Å². The fraction of sp³-hybridized carbons (Fsp3) is 0.579. The number of nitrogens with one attached hydrogen (secondary N) is 1. The summed E-state index contributed by atoms with van der Waals surface area (Å²) in [5.41, 5.74) is 4.91. The van der Waals surface area contributed by atoms with Crippen LogP contribution in [0.1, 0.15) is 39.0 Å². The average Bonchev–Trinajstić information content (AvgIpc) is 3.17. The fourth-order valence-electron chi connectivity index (χ4n) is 3.86. The van der Waals surface area contributed by atoms with Crippen molar-refractivity contribution < 1.29 is 9.59 Å². The van der Waals surface area contributed by atoms with Crippen LogP contribution in [0.4, 0.5) is 0 Å². The smallest absolute Gasteiger partial charge is 0.332 e. The molecule has 0 aliphatic heterocycles. The van der Waals surface area contributed by atoms with Crippen molar-refractivity contribution in [1.29, 1.82) is 0 Å². The highest BCUT2D eigenvalue weighted by atomic mass is 32.1. The number of fused-ring (bicyclic) bond motifs is 1. The summed E-state index contributed by atoms with van der Waals surface area (Å²) >= 11 is 1.25. The van der Waals surface area contributed by atoms with Crippen molar-refractivity contribution in [3.63, 3.8) is 0 Å². The van der Waals surface area contributed by atoms with E-state index in [1.807, 2.05) is 6.92 Å². The van der Waals surface area contributed by atoms with E-state index in [9.17, 15) is 19.2 Å². The maximum atomic E-state index is 12.9. The van der Waals surface area contributed by atoms with Crippen LogP contribution in [0.2, 0.25) is 0 Å². The van der Waals surface area contributed by atoms with E-state index in [0.29, 0.717) is 23.3 Å². The SMILES string of the molecule is CCCNC(=O)C1CCC(Cn2c(=O)c3sccc3n(CC(N)=O)c2=O)CC1. The Morgan fingerprint density at radius 2 is 1.93 bits per heavy atom. The summed E-state index contributed by atoms with van der Waals surface area (Å²) in [5, 5.41) is 4.67. The van der Waals surface area contributed by atoms with Gasteiger partial charge in [0.2, 0.25) is 11.8 Å². The molecule has 0 atom stereocenters. The number of carbonyl (C=O) groups is 2. The van der Waals surface area contributed by atoms with Crippen molar-refractivity contribution in [2.75, 3.05) is 6.54 Å². The molecule has 0 unspecified atom stereocenters. The van der Waals surface area contributed by atoms with Gasteiger partial charge in [0, 0.05) is 19.0 Å². The van der Waals surface area contributed by atoms with Gasteiger partial charge in [-0.1, -0.05) is 6.92 Å². The highest BCUT2D eigenvalue weighted by molar-refractivity contribution is 7.17. The Labute approximate surface area is 166 Å². The number of nitrogens with two attached hydrogens (primary N) is 1. The normalized spacial score (nSPS) is 19.6. The fourth-order valence-corrected chi connectivity index (χ4v) is 4.70. The van der Waals surface area contributed by atoms with Crippen LogP contribution in [0.25, 0.3) is 10.2 Å². The molecule has 1 fully saturated rings. The third kappa shape index (κ3) is 4.19. The number of amides is 2. The summed E-state index contributed by atoms with van der Waals surface area (Å²) in [5.74, 6) is -0.370. The van der Waals surface area contributed by atoms with Gasteiger partial charge >= 0.3 is 5.69 Å². The van der Waals surface area contributed by atoms with Crippen LogP contribution < -0.4 is 22.3 Å². The molecule has 0 aromatic carbocycles. The lowest BCUT2D eigenvalue weighted by Crippen LogP contribution is -2.43. The molecule has 1 aliphatic rings. The molecule has 2 aromatic rings. The first-order chi connectivity index (χ1) is 13.4. The maximum absolute atomic E-state index is 12.9. The van der Waals surface area contributed by atoms with E-state index in [1.54, 1.807) is 11.4 Å². The van der Waals surface area contributed by atoms with E-state index >= 15 is 0 Å². The number of thiophene rings is 1. The number of hydrogen-bond acceptors (Lipinski definition) is 5. The first-order valence-corrected chi connectivity index (χ1v) is 10.6. The Morgan fingerprint density at radius 3 is 2.57 bits per heavy atom. The molecular weight excluding hydrogens is 380 g/mol. The second kappa shape index (κ2) is 8.72. The Kier molecular flexibility index (Phi) is 6.33. The quantitative estimate of drug-likeness (QED) is 0.715. The summed E-state index contributed by atoms with van der Waals surface area (Å²) in [6.45, 7) is 2.75. The molecule has 152 valence electrons. The molecule has 2 heterocycles. The number of hydrogen-bond donors (Lipinski definition) is 2. The van der Waals surface area contributed by atoms with Crippen LogP contribution in [0.3, 0.4) is 0 Å². The summed E-state index contributed by atoms with van der Waals surface area (Å²) in [7, 11) is 0. The first kappa shape index (κ1) is 20.3. The first-order valence-electron chi connectivity index (χ1n) is 9.69. The molecule has 28 heavy (non-hydrogen) atoms. The zero-order valence-electron chi connectivity index (χ0n) is 16.0. The Balaban J connectivity index is 1.78. The molecular formula is C19H26N4O4S. The van der Waals surface area contributed by atoms with Gasteiger partial charge in [0.15, 0.2) is 0 Å². The molecule has 0 saturated heterocycles. The van der Waals surface area contributed by atoms with Crippen LogP contribution in [-0.2, 0) is 22.7 Å². The van der Waals surface area contributed by atoms with E-state index in [0.717, 1.165) is 32.1 Å². The van der Waals surface area contributed by atoms with Crippen molar-refractivity contribution in [2.45, 2.75) is 52.1 Å². The molecule has 0 radical (unpaired) electrons. The van der Waals surface area contributed by atoms with Gasteiger partial charge in [-0.2, -0.15) is 0 Å². The van der Waals surface area contributed by atoms with E-state index < -0.39 is 11.6 Å². The molecule has 0 bridgehead atoms. The highest BCUT2D eigenvalue weighted by Gasteiger charge is 2.27. The third-order valence-electron chi connectivity index (χ3n) is 5.36. The number of aromatic nitrogens is 2. The standard InChI is InChI=1S/C19H26N4O4S/c1-2-8-21-17(25)13-5-3-12(4-6-13)10-23-18(26)16-14(7-9-28-16)22(19(23)27)11-15(20)24/h7,9,12-13H,2-6,8,10-11H2,1H3,(H2,20,24)(H,21,25). The maximum Gasteiger partial charge on any atom is 0.332 e. The second-order valence-corrected chi connectivity index (χ2v) is 8.31. The van der Waals surface area contributed by atoms with Gasteiger partial charge in [-0.25, -0.2) is 4.79 Å². The molecule has 0 spiro atoms. The van der Waals surface area contributed by atoms with E-state index in [-0.39, 0.29) is 29.8 Å². The Morgan fingerprint density at radius 1 is 1.21 bits per heavy atom. The molecule has 2 amide bonds.